The lowest BCUT2D eigenvalue weighted by Gasteiger charge is -2.12. The second-order valence-corrected chi connectivity index (χ2v) is 3.38. The maximum Gasteiger partial charge on any atom is 0.305 e. The molecule has 0 bridgehead atoms. The minimum Gasteiger partial charge on any atom is -0.466 e. The van der Waals surface area contributed by atoms with Gasteiger partial charge in [0, 0.05) is 6.42 Å². The van der Waals surface area contributed by atoms with E-state index in [0.29, 0.717) is 32.0 Å². The third-order valence-electron chi connectivity index (χ3n) is 2.21. The SMILES string of the molecule is CCOC(=O)CCCC(CN)CCN. The van der Waals surface area contributed by atoms with Gasteiger partial charge in [-0.05, 0) is 45.2 Å². The Labute approximate surface area is 86.0 Å². The Bertz CT molecular complexity index is 151. The second-order valence-electron chi connectivity index (χ2n) is 3.38. The third-order valence-corrected chi connectivity index (χ3v) is 2.21. The van der Waals surface area contributed by atoms with E-state index in [0.717, 1.165) is 19.3 Å². The van der Waals surface area contributed by atoms with Gasteiger partial charge in [-0.3, -0.25) is 4.79 Å². The lowest BCUT2D eigenvalue weighted by Crippen LogP contribution is -2.18. The van der Waals surface area contributed by atoms with Crippen LogP contribution in [0.15, 0.2) is 0 Å². The first-order valence-electron chi connectivity index (χ1n) is 5.30. The Hall–Kier alpha value is -0.610. The molecule has 0 aliphatic heterocycles. The number of esters is 1. The molecule has 0 saturated heterocycles. The molecule has 0 aromatic heterocycles. The fourth-order valence-corrected chi connectivity index (χ4v) is 1.38. The van der Waals surface area contributed by atoms with Crippen LogP contribution in [0.1, 0.15) is 32.6 Å². The van der Waals surface area contributed by atoms with Gasteiger partial charge in [-0.1, -0.05) is 0 Å². The summed E-state index contributed by atoms with van der Waals surface area (Å²) in [6, 6.07) is 0. The molecule has 0 aromatic carbocycles. The van der Waals surface area contributed by atoms with E-state index in [4.69, 9.17) is 16.2 Å². The van der Waals surface area contributed by atoms with Gasteiger partial charge in [0.05, 0.1) is 6.61 Å². The molecular formula is C10H22N2O2. The summed E-state index contributed by atoms with van der Waals surface area (Å²) in [5.41, 5.74) is 11.0. The molecule has 4 N–H and O–H groups in total. The molecule has 0 amide bonds. The number of hydrogen-bond donors (Lipinski definition) is 2. The van der Waals surface area contributed by atoms with Gasteiger partial charge in [0.15, 0.2) is 0 Å². The zero-order valence-electron chi connectivity index (χ0n) is 9.00. The molecule has 0 aliphatic rings. The van der Waals surface area contributed by atoms with Gasteiger partial charge in [-0.25, -0.2) is 0 Å². The first-order valence-corrected chi connectivity index (χ1v) is 5.30. The Balaban J connectivity index is 3.45. The van der Waals surface area contributed by atoms with Crippen LogP contribution in [0.4, 0.5) is 0 Å². The molecule has 0 spiro atoms. The van der Waals surface area contributed by atoms with Crippen molar-refractivity contribution in [3.05, 3.63) is 0 Å². The number of rotatable bonds is 8. The summed E-state index contributed by atoms with van der Waals surface area (Å²) >= 11 is 0. The number of hydrogen-bond acceptors (Lipinski definition) is 4. The molecule has 0 radical (unpaired) electrons. The van der Waals surface area contributed by atoms with E-state index in [-0.39, 0.29) is 5.97 Å². The van der Waals surface area contributed by atoms with E-state index in [2.05, 4.69) is 0 Å². The summed E-state index contributed by atoms with van der Waals surface area (Å²) in [4.78, 5) is 11.0. The minimum atomic E-state index is -0.115. The van der Waals surface area contributed by atoms with E-state index >= 15 is 0 Å². The Morgan fingerprint density at radius 2 is 2.07 bits per heavy atom. The fraction of sp³-hybridized carbons (Fsp3) is 0.900. The van der Waals surface area contributed by atoms with Crippen molar-refractivity contribution in [2.75, 3.05) is 19.7 Å². The number of nitrogens with two attached hydrogens (primary N) is 2. The number of carbonyl (C=O) groups is 1. The first-order chi connectivity index (χ1) is 6.74. The predicted octanol–water partition coefficient (Wildman–Crippen LogP) is 0.644. The highest BCUT2D eigenvalue weighted by molar-refractivity contribution is 5.69. The van der Waals surface area contributed by atoms with Crippen molar-refractivity contribution in [1.29, 1.82) is 0 Å². The molecule has 1 unspecified atom stereocenters. The summed E-state index contributed by atoms with van der Waals surface area (Å²) in [7, 11) is 0. The van der Waals surface area contributed by atoms with Crippen LogP contribution >= 0.6 is 0 Å². The topological polar surface area (TPSA) is 78.3 Å². The molecule has 0 aliphatic carbocycles. The van der Waals surface area contributed by atoms with Gasteiger partial charge in [-0.15, -0.1) is 0 Å². The van der Waals surface area contributed by atoms with Crippen LogP contribution in [0.2, 0.25) is 0 Å². The smallest absolute Gasteiger partial charge is 0.305 e. The Morgan fingerprint density at radius 3 is 2.57 bits per heavy atom. The normalized spacial score (nSPS) is 12.5. The minimum absolute atomic E-state index is 0.115. The van der Waals surface area contributed by atoms with Crippen molar-refractivity contribution < 1.29 is 9.53 Å². The van der Waals surface area contributed by atoms with Gasteiger partial charge in [0.25, 0.3) is 0 Å². The highest BCUT2D eigenvalue weighted by Gasteiger charge is 2.07. The van der Waals surface area contributed by atoms with Gasteiger partial charge in [0.2, 0.25) is 0 Å². The summed E-state index contributed by atoms with van der Waals surface area (Å²) in [6.45, 7) is 3.60. The average Bonchev–Trinajstić information content (AvgIpc) is 2.17. The molecule has 14 heavy (non-hydrogen) atoms. The summed E-state index contributed by atoms with van der Waals surface area (Å²) in [6.07, 6.45) is 3.25. The zero-order chi connectivity index (χ0) is 10.8. The molecule has 4 nitrogen and oxygen atoms in total. The first kappa shape index (κ1) is 13.4. The van der Waals surface area contributed by atoms with Crippen LogP contribution in [0.3, 0.4) is 0 Å². The molecule has 0 aromatic rings. The van der Waals surface area contributed by atoms with Gasteiger partial charge < -0.3 is 16.2 Å². The van der Waals surface area contributed by atoms with Gasteiger partial charge in [0.1, 0.15) is 0 Å². The van der Waals surface area contributed by atoms with Crippen molar-refractivity contribution in [1.82, 2.24) is 0 Å². The molecule has 0 rings (SSSR count). The average molecular weight is 202 g/mol. The lowest BCUT2D eigenvalue weighted by atomic mass is 9.99. The molecule has 0 fully saturated rings. The van der Waals surface area contributed by atoms with Crippen LogP contribution in [0, 0.1) is 5.92 Å². The molecule has 4 heteroatoms. The van der Waals surface area contributed by atoms with Crippen LogP contribution in [-0.4, -0.2) is 25.7 Å². The summed E-state index contributed by atoms with van der Waals surface area (Å²) in [5.74, 6) is 0.338. The quantitative estimate of drug-likeness (QED) is 0.566. The lowest BCUT2D eigenvalue weighted by molar-refractivity contribution is -0.143. The number of carbonyl (C=O) groups excluding carboxylic acids is 1. The second kappa shape index (κ2) is 8.97. The maximum atomic E-state index is 11.0. The molecular weight excluding hydrogens is 180 g/mol. The highest BCUT2D eigenvalue weighted by atomic mass is 16.5. The van der Waals surface area contributed by atoms with Crippen LogP contribution < -0.4 is 11.5 Å². The third kappa shape index (κ3) is 6.86. The van der Waals surface area contributed by atoms with Crippen LogP contribution in [0.5, 0.6) is 0 Å². The number of ether oxygens (including phenoxy) is 1. The monoisotopic (exact) mass is 202 g/mol. The van der Waals surface area contributed by atoms with Crippen molar-refractivity contribution in [2.24, 2.45) is 17.4 Å². The van der Waals surface area contributed by atoms with E-state index in [9.17, 15) is 4.79 Å². The molecule has 0 heterocycles. The van der Waals surface area contributed by atoms with Crippen LogP contribution in [-0.2, 0) is 9.53 Å². The summed E-state index contributed by atoms with van der Waals surface area (Å²) < 4.78 is 4.82. The van der Waals surface area contributed by atoms with E-state index in [1.165, 1.54) is 0 Å². The Kier molecular flexibility index (Phi) is 8.57. The maximum absolute atomic E-state index is 11.0. The van der Waals surface area contributed by atoms with Crippen molar-refractivity contribution in [3.63, 3.8) is 0 Å². The van der Waals surface area contributed by atoms with Crippen LogP contribution in [0.25, 0.3) is 0 Å². The van der Waals surface area contributed by atoms with Crippen molar-refractivity contribution in [3.8, 4) is 0 Å². The molecule has 0 saturated carbocycles. The standard InChI is InChI=1S/C10H22N2O2/c1-2-14-10(13)5-3-4-9(8-12)6-7-11/h9H,2-8,11-12H2,1H3. The van der Waals surface area contributed by atoms with E-state index < -0.39 is 0 Å². The molecule has 1 atom stereocenters. The zero-order valence-corrected chi connectivity index (χ0v) is 9.00. The van der Waals surface area contributed by atoms with Crippen molar-refractivity contribution in [2.45, 2.75) is 32.6 Å². The Morgan fingerprint density at radius 1 is 1.36 bits per heavy atom. The van der Waals surface area contributed by atoms with E-state index in [1.807, 2.05) is 6.92 Å². The fourth-order valence-electron chi connectivity index (χ4n) is 1.38. The largest absolute Gasteiger partial charge is 0.466 e. The van der Waals surface area contributed by atoms with Gasteiger partial charge in [-0.2, -0.15) is 0 Å². The highest BCUT2D eigenvalue weighted by Crippen LogP contribution is 2.10. The van der Waals surface area contributed by atoms with Gasteiger partial charge >= 0.3 is 5.97 Å². The van der Waals surface area contributed by atoms with E-state index in [1.54, 1.807) is 0 Å². The van der Waals surface area contributed by atoms with Crippen molar-refractivity contribution >= 4 is 5.97 Å². The summed E-state index contributed by atoms with van der Waals surface area (Å²) in [5, 5.41) is 0. The predicted molar refractivity (Wildman–Crippen MR) is 56.7 cm³/mol. The molecule has 84 valence electrons.